The van der Waals surface area contributed by atoms with Gasteiger partial charge in [0.1, 0.15) is 5.54 Å². The molecule has 2 unspecified atom stereocenters. The Bertz CT molecular complexity index is 464. The Hall–Kier alpha value is -0.770. The molecule has 0 heterocycles. The number of hydrogen-bond donors (Lipinski definition) is 1. The lowest BCUT2D eigenvalue weighted by atomic mass is 10.1. The zero-order valence-corrected chi connectivity index (χ0v) is 10.9. The summed E-state index contributed by atoms with van der Waals surface area (Å²) in [6.45, 7) is 2.08. The predicted octanol–water partition coefficient (Wildman–Crippen LogP) is 2.74. The van der Waals surface area contributed by atoms with E-state index in [1.807, 2.05) is 6.07 Å². The van der Waals surface area contributed by atoms with Gasteiger partial charge in [0.25, 0.3) is 0 Å². The number of nitrogens with two attached hydrogens (primary N) is 1. The molecule has 92 valence electrons. The quantitative estimate of drug-likeness (QED) is 0.862. The van der Waals surface area contributed by atoms with Crippen LogP contribution in [0.4, 0.5) is 0 Å². The van der Waals surface area contributed by atoms with Crippen molar-refractivity contribution in [3.63, 3.8) is 0 Å². The van der Waals surface area contributed by atoms with Crippen LogP contribution in [-0.2, 0) is 9.53 Å². The summed E-state index contributed by atoms with van der Waals surface area (Å²) in [7, 11) is 0. The van der Waals surface area contributed by atoms with E-state index in [2.05, 4.69) is 0 Å². The number of benzene rings is 1. The smallest absolute Gasteiger partial charge is 0.326 e. The van der Waals surface area contributed by atoms with Crippen molar-refractivity contribution < 1.29 is 9.53 Å². The van der Waals surface area contributed by atoms with Gasteiger partial charge >= 0.3 is 5.97 Å². The first-order valence-electron chi connectivity index (χ1n) is 5.40. The van der Waals surface area contributed by atoms with Gasteiger partial charge in [0.2, 0.25) is 0 Å². The van der Waals surface area contributed by atoms with Gasteiger partial charge in [0.05, 0.1) is 16.7 Å². The van der Waals surface area contributed by atoms with Crippen molar-refractivity contribution in [2.45, 2.75) is 24.8 Å². The third-order valence-electron chi connectivity index (χ3n) is 3.02. The minimum atomic E-state index is -0.940. The van der Waals surface area contributed by atoms with Gasteiger partial charge in [0, 0.05) is 5.92 Å². The Morgan fingerprint density at radius 2 is 2.29 bits per heavy atom. The number of hydrogen-bond acceptors (Lipinski definition) is 3. The lowest BCUT2D eigenvalue weighted by Crippen LogP contribution is -2.36. The number of halogens is 2. The van der Waals surface area contributed by atoms with Crippen LogP contribution in [0.3, 0.4) is 0 Å². The molecular formula is C12H13Cl2NO2. The third kappa shape index (κ3) is 2.15. The van der Waals surface area contributed by atoms with Crippen molar-refractivity contribution in [3.8, 4) is 0 Å². The van der Waals surface area contributed by atoms with E-state index >= 15 is 0 Å². The second-order valence-corrected chi connectivity index (χ2v) is 4.95. The summed E-state index contributed by atoms with van der Waals surface area (Å²) in [5.74, 6) is -0.478. The number of carbonyl (C=O) groups is 1. The van der Waals surface area contributed by atoms with Crippen molar-refractivity contribution in [2.75, 3.05) is 6.61 Å². The first kappa shape index (κ1) is 12.7. The molecule has 1 aromatic rings. The van der Waals surface area contributed by atoms with Crippen LogP contribution in [-0.4, -0.2) is 18.1 Å². The molecule has 1 aromatic carbocycles. The van der Waals surface area contributed by atoms with Gasteiger partial charge in [-0.25, -0.2) is 0 Å². The maximum absolute atomic E-state index is 11.7. The third-order valence-corrected chi connectivity index (χ3v) is 3.85. The van der Waals surface area contributed by atoms with Crippen LogP contribution >= 0.6 is 23.2 Å². The van der Waals surface area contributed by atoms with Gasteiger partial charge in [0.15, 0.2) is 0 Å². The predicted molar refractivity (Wildman–Crippen MR) is 67.4 cm³/mol. The average molecular weight is 274 g/mol. The zero-order chi connectivity index (χ0) is 12.6. The number of carbonyl (C=O) groups excluding carboxylic acids is 1. The van der Waals surface area contributed by atoms with Crippen LogP contribution in [0, 0.1) is 0 Å². The Balaban J connectivity index is 2.22. The van der Waals surface area contributed by atoms with Gasteiger partial charge in [-0.15, -0.1) is 0 Å². The molecule has 0 saturated heterocycles. The molecule has 1 fully saturated rings. The normalized spacial score (nSPS) is 26.7. The molecule has 2 rings (SSSR count). The van der Waals surface area contributed by atoms with Crippen LogP contribution in [0.15, 0.2) is 18.2 Å². The molecule has 1 aliphatic carbocycles. The Labute approximate surface area is 110 Å². The average Bonchev–Trinajstić information content (AvgIpc) is 2.97. The van der Waals surface area contributed by atoms with Crippen molar-refractivity contribution in [2.24, 2.45) is 5.73 Å². The van der Waals surface area contributed by atoms with E-state index < -0.39 is 5.54 Å². The van der Waals surface area contributed by atoms with Crippen LogP contribution in [0.1, 0.15) is 24.8 Å². The van der Waals surface area contributed by atoms with Gasteiger partial charge in [-0.05, 0) is 25.0 Å². The topological polar surface area (TPSA) is 52.3 Å². The SMILES string of the molecule is CCOC(=O)C1(N)CC1c1cccc(Cl)c1Cl. The van der Waals surface area contributed by atoms with Crippen molar-refractivity contribution >= 4 is 29.2 Å². The largest absolute Gasteiger partial charge is 0.465 e. The van der Waals surface area contributed by atoms with Crippen molar-refractivity contribution in [1.82, 2.24) is 0 Å². The molecule has 0 bridgehead atoms. The summed E-state index contributed by atoms with van der Waals surface area (Å²) in [5, 5.41) is 0.943. The van der Waals surface area contributed by atoms with Crippen LogP contribution in [0.5, 0.6) is 0 Å². The van der Waals surface area contributed by atoms with E-state index in [4.69, 9.17) is 33.7 Å². The van der Waals surface area contributed by atoms with Crippen molar-refractivity contribution in [1.29, 1.82) is 0 Å². The summed E-state index contributed by atoms with van der Waals surface area (Å²) < 4.78 is 4.95. The molecule has 5 heteroatoms. The molecule has 0 spiro atoms. The van der Waals surface area contributed by atoms with E-state index in [1.54, 1.807) is 19.1 Å². The van der Waals surface area contributed by atoms with Crippen molar-refractivity contribution in [3.05, 3.63) is 33.8 Å². The molecule has 2 N–H and O–H groups in total. The van der Waals surface area contributed by atoms with Gasteiger partial charge in [-0.3, -0.25) is 4.79 Å². The second-order valence-electron chi connectivity index (χ2n) is 4.16. The van der Waals surface area contributed by atoms with E-state index in [0.29, 0.717) is 23.1 Å². The molecule has 1 aliphatic rings. The standard InChI is InChI=1S/C12H13Cl2NO2/c1-2-17-11(16)12(15)6-8(12)7-4-3-5-9(13)10(7)14/h3-5,8H,2,6,15H2,1H3. The van der Waals surface area contributed by atoms with Crippen LogP contribution in [0.2, 0.25) is 10.0 Å². The first-order valence-corrected chi connectivity index (χ1v) is 6.16. The molecule has 3 nitrogen and oxygen atoms in total. The van der Waals surface area contributed by atoms with Crippen LogP contribution < -0.4 is 5.73 Å². The van der Waals surface area contributed by atoms with E-state index in [-0.39, 0.29) is 11.9 Å². The Morgan fingerprint density at radius 1 is 1.59 bits per heavy atom. The minimum absolute atomic E-state index is 0.104. The molecule has 0 amide bonds. The number of esters is 1. The zero-order valence-electron chi connectivity index (χ0n) is 9.37. The van der Waals surface area contributed by atoms with E-state index in [9.17, 15) is 4.79 Å². The molecule has 2 atom stereocenters. The highest BCUT2D eigenvalue weighted by Gasteiger charge is 2.59. The number of ether oxygens (including phenoxy) is 1. The molecule has 0 aliphatic heterocycles. The molecule has 17 heavy (non-hydrogen) atoms. The summed E-state index contributed by atoms with van der Waals surface area (Å²) >= 11 is 12.0. The maximum atomic E-state index is 11.7. The Morgan fingerprint density at radius 3 is 2.94 bits per heavy atom. The van der Waals surface area contributed by atoms with E-state index in [1.165, 1.54) is 0 Å². The van der Waals surface area contributed by atoms with Gasteiger partial charge < -0.3 is 10.5 Å². The summed E-state index contributed by atoms with van der Waals surface area (Å²) in [6, 6.07) is 5.35. The summed E-state index contributed by atoms with van der Waals surface area (Å²) in [5.41, 5.74) is 5.87. The monoisotopic (exact) mass is 273 g/mol. The first-order chi connectivity index (χ1) is 8.00. The maximum Gasteiger partial charge on any atom is 0.326 e. The van der Waals surface area contributed by atoms with Gasteiger partial charge in [-0.1, -0.05) is 35.3 Å². The summed E-state index contributed by atoms with van der Waals surface area (Å²) in [6.07, 6.45) is 0.548. The van der Waals surface area contributed by atoms with Crippen LogP contribution in [0.25, 0.3) is 0 Å². The fourth-order valence-electron chi connectivity index (χ4n) is 1.95. The minimum Gasteiger partial charge on any atom is -0.465 e. The van der Waals surface area contributed by atoms with Gasteiger partial charge in [-0.2, -0.15) is 0 Å². The lowest BCUT2D eigenvalue weighted by Gasteiger charge is -2.11. The molecular weight excluding hydrogens is 261 g/mol. The molecule has 0 aromatic heterocycles. The molecule has 1 saturated carbocycles. The highest BCUT2D eigenvalue weighted by molar-refractivity contribution is 6.42. The second kappa shape index (κ2) is 4.48. The number of rotatable bonds is 3. The highest BCUT2D eigenvalue weighted by atomic mass is 35.5. The fraction of sp³-hybridized carbons (Fsp3) is 0.417. The lowest BCUT2D eigenvalue weighted by molar-refractivity contribution is -0.145. The Kier molecular flexibility index (Phi) is 3.34. The highest BCUT2D eigenvalue weighted by Crippen LogP contribution is 2.52. The molecule has 0 radical (unpaired) electrons. The fourth-order valence-corrected chi connectivity index (χ4v) is 2.39. The summed E-state index contributed by atoms with van der Waals surface area (Å²) in [4.78, 5) is 11.7. The van der Waals surface area contributed by atoms with E-state index in [0.717, 1.165) is 5.56 Å².